The molecule has 2 amide bonds. The topological polar surface area (TPSA) is 122 Å². The summed E-state index contributed by atoms with van der Waals surface area (Å²) in [6, 6.07) is 4.21. The van der Waals surface area contributed by atoms with Crippen LogP contribution in [-0.2, 0) is 4.79 Å². The number of carboxylic acids is 1. The van der Waals surface area contributed by atoms with Gasteiger partial charge in [0.05, 0.1) is 12.1 Å². The molecule has 0 saturated heterocycles. The number of anilines is 1. The molecule has 0 aromatic heterocycles. The molecule has 106 valence electrons. The predicted molar refractivity (Wildman–Crippen MR) is 66.4 cm³/mol. The van der Waals surface area contributed by atoms with Gasteiger partial charge in [-0.1, -0.05) is 0 Å². The fourth-order valence-electron chi connectivity index (χ4n) is 1.19. The van der Waals surface area contributed by atoms with Crippen molar-refractivity contribution in [2.24, 2.45) is 0 Å². The van der Waals surface area contributed by atoms with Gasteiger partial charge in [0, 0.05) is 5.69 Å². The Morgan fingerprint density at radius 2 is 2.15 bits per heavy atom. The molecule has 7 nitrogen and oxygen atoms in total. The first-order valence-electron chi connectivity index (χ1n) is 5.46. The molecular formula is C12H12FN3O4. The van der Waals surface area contributed by atoms with Crippen LogP contribution in [0.25, 0.3) is 0 Å². The van der Waals surface area contributed by atoms with Crippen molar-refractivity contribution in [1.29, 1.82) is 5.26 Å². The number of benzene rings is 1. The molecule has 1 aromatic rings. The Hall–Kier alpha value is -2.66. The number of carbonyl (C=O) groups excluding carboxylic acids is 1. The van der Waals surface area contributed by atoms with Crippen LogP contribution in [0, 0.1) is 17.1 Å². The number of urea groups is 1. The molecule has 4 N–H and O–H groups in total. The summed E-state index contributed by atoms with van der Waals surface area (Å²) in [6.45, 7) is 0.516. The smallest absolute Gasteiger partial charge is 0.337 e. The maximum atomic E-state index is 13.1. The Kier molecular flexibility index (Phi) is 4.61. The van der Waals surface area contributed by atoms with Crippen molar-refractivity contribution in [3.8, 4) is 6.07 Å². The zero-order chi connectivity index (χ0) is 15.3. The van der Waals surface area contributed by atoms with Crippen molar-refractivity contribution in [2.45, 2.75) is 12.5 Å². The summed E-state index contributed by atoms with van der Waals surface area (Å²) in [5.74, 6) is -2.20. The summed E-state index contributed by atoms with van der Waals surface area (Å²) in [5.41, 5.74) is -2.17. The van der Waals surface area contributed by atoms with Gasteiger partial charge in [0.1, 0.15) is 11.9 Å². The van der Waals surface area contributed by atoms with E-state index in [1.807, 2.05) is 0 Å². The second kappa shape index (κ2) is 5.99. The number of amides is 2. The Bertz CT molecular complexity index is 581. The second-order valence-electron chi connectivity index (χ2n) is 4.19. The van der Waals surface area contributed by atoms with E-state index in [9.17, 15) is 19.1 Å². The number of hydrogen-bond acceptors (Lipinski definition) is 4. The lowest BCUT2D eigenvalue weighted by Crippen LogP contribution is -2.47. The van der Waals surface area contributed by atoms with Gasteiger partial charge >= 0.3 is 12.0 Å². The van der Waals surface area contributed by atoms with E-state index in [-0.39, 0.29) is 11.3 Å². The van der Waals surface area contributed by atoms with Gasteiger partial charge in [0.15, 0.2) is 5.60 Å². The van der Waals surface area contributed by atoms with Gasteiger partial charge in [-0.2, -0.15) is 5.26 Å². The maximum Gasteiger partial charge on any atom is 0.337 e. The number of carboxylic acid groups (broad SMARTS) is 1. The molecule has 0 aliphatic carbocycles. The minimum Gasteiger partial charge on any atom is -0.479 e. The summed E-state index contributed by atoms with van der Waals surface area (Å²) < 4.78 is 13.1. The SMILES string of the molecule is CC(O)(CNC(=O)Nc1ccc(F)c(C#N)c1)C(=O)O. The van der Waals surface area contributed by atoms with Crippen LogP contribution in [-0.4, -0.2) is 34.4 Å². The van der Waals surface area contributed by atoms with Crippen LogP contribution in [0.15, 0.2) is 18.2 Å². The number of aliphatic hydroxyl groups is 1. The number of aliphatic carboxylic acids is 1. The monoisotopic (exact) mass is 281 g/mol. The molecule has 8 heteroatoms. The van der Waals surface area contributed by atoms with Crippen LogP contribution in [0.5, 0.6) is 0 Å². The molecule has 0 fully saturated rings. The first-order chi connectivity index (χ1) is 9.26. The fourth-order valence-corrected chi connectivity index (χ4v) is 1.19. The quantitative estimate of drug-likeness (QED) is 0.645. The van der Waals surface area contributed by atoms with E-state index in [0.29, 0.717) is 0 Å². The minimum absolute atomic E-state index is 0.162. The van der Waals surface area contributed by atoms with Crippen molar-refractivity contribution < 1.29 is 24.2 Å². The standard InChI is InChI=1S/C12H12FN3O4/c1-12(20,10(17)18)6-15-11(19)16-8-2-3-9(13)7(4-8)5-14/h2-4,20H,6H2,1H3,(H,17,18)(H2,15,16,19). The zero-order valence-electron chi connectivity index (χ0n) is 10.5. The number of nitriles is 1. The Labute approximate surface area is 113 Å². The molecule has 0 radical (unpaired) electrons. The molecule has 0 bridgehead atoms. The van der Waals surface area contributed by atoms with Gasteiger partial charge in [-0.05, 0) is 25.1 Å². The second-order valence-corrected chi connectivity index (χ2v) is 4.19. The van der Waals surface area contributed by atoms with Gasteiger partial charge in [0.2, 0.25) is 0 Å². The molecular weight excluding hydrogens is 269 g/mol. The molecule has 0 spiro atoms. The highest BCUT2D eigenvalue weighted by molar-refractivity contribution is 5.90. The average molecular weight is 281 g/mol. The van der Waals surface area contributed by atoms with Gasteiger partial charge < -0.3 is 20.8 Å². The molecule has 0 aliphatic rings. The largest absolute Gasteiger partial charge is 0.479 e. The van der Waals surface area contributed by atoms with E-state index in [2.05, 4.69) is 10.6 Å². The van der Waals surface area contributed by atoms with Gasteiger partial charge in [-0.3, -0.25) is 0 Å². The number of halogens is 1. The van der Waals surface area contributed by atoms with Crippen molar-refractivity contribution in [2.75, 3.05) is 11.9 Å². The number of nitrogens with one attached hydrogen (secondary N) is 2. The average Bonchev–Trinajstić information content (AvgIpc) is 2.38. The molecule has 20 heavy (non-hydrogen) atoms. The summed E-state index contributed by atoms with van der Waals surface area (Å²) in [7, 11) is 0. The molecule has 1 rings (SSSR count). The fraction of sp³-hybridized carbons (Fsp3) is 0.250. The normalized spacial score (nSPS) is 12.9. The van der Waals surface area contributed by atoms with E-state index in [0.717, 1.165) is 19.1 Å². The number of hydrogen-bond donors (Lipinski definition) is 4. The first-order valence-corrected chi connectivity index (χ1v) is 5.46. The lowest BCUT2D eigenvalue weighted by atomic mass is 10.1. The Morgan fingerprint density at radius 1 is 1.50 bits per heavy atom. The van der Waals surface area contributed by atoms with Crippen LogP contribution in [0.2, 0.25) is 0 Å². The lowest BCUT2D eigenvalue weighted by molar-refractivity contribution is -0.155. The van der Waals surface area contributed by atoms with Crippen LogP contribution < -0.4 is 10.6 Å². The van der Waals surface area contributed by atoms with Gasteiger partial charge in [0.25, 0.3) is 0 Å². The van der Waals surface area contributed by atoms with Crippen molar-refractivity contribution in [1.82, 2.24) is 5.32 Å². The maximum absolute atomic E-state index is 13.1. The van der Waals surface area contributed by atoms with Crippen LogP contribution in [0.3, 0.4) is 0 Å². The van der Waals surface area contributed by atoms with E-state index < -0.39 is 30.0 Å². The van der Waals surface area contributed by atoms with Gasteiger partial charge in [-0.25, -0.2) is 14.0 Å². The molecule has 0 saturated carbocycles. The third-order valence-electron chi connectivity index (χ3n) is 2.40. The van der Waals surface area contributed by atoms with Crippen LogP contribution >= 0.6 is 0 Å². The van der Waals surface area contributed by atoms with Crippen molar-refractivity contribution in [3.63, 3.8) is 0 Å². The summed E-state index contributed by atoms with van der Waals surface area (Å²) in [4.78, 5) is 22.1. The van der Waals surface area contributed by atoms with Crippen LogP contribution in [0.1, 0.15) is 12.5 Å². The molecule has 1 atom stereocenters. The molecule has 1 aromatic carbocycles. The number of rotatable bonds is 4. The first kappa shape index (κ1) is 15.4. The highest BCUT2D eigenvalue weighted by atomic mass is 19.1. The highest BCUT2D eigenvalue weighted by Crippen LogP contribution is 2.13. The van der Waals surface area contributed by atoms with E-state index in [1.165, 1.54) is 6.07 Å². The van der Waals surface area contributed by atoms with Gasteiger partial charge in [-0.15, -0.1) is 0 Å². The third-order valence-corrected chi connectivity index (χ3v) is 2.40. The number of carbonyl (C=O) groups is 2. The van der Waals surface area contributed by atoms with Crippen LogP contribution in [0.4, 0.5) is 14.9 Å². The zero-order valence-corrected chi connectivity index (χ0v) is 10.5. The summed E-state index contributed by atoms with van der Waals surface area (Å²) in [6.07, 6.45) is 0. The van der Waals surface area contributed by atoms with E-state index >= 15 is 0 Å². The van der Waals surface area contributed by atoms with E-state index in [1.54, 1.807) is 6.07 Å². The molecule has 0 aliphatic heterocycles. The molecule has 0 heterocycles. The minimum atomic E-state index is -2.10. The van der Waals surface area contributed by atoms with E-state index in [4.69, 9.17) is 10.4 Å². The summed E-state index contributed by atoms with van der Waals surface area (Å²) >= 11 is 0. The third kappa shape index (κ3) is 3.93. The van der Waals surface area contributed by atoms with Crippen molar-refractivity contribution in [3.05, 3.63) is 29.6 Å². The lowest BCUT2D eigenvalue weighted by Gasteiger charge is -2.18. The number of nitrogens with zero attached hydrogens (tertiary/aromatic N) is 1. The summed E-state index contributed by atoms with van der Waals surface area (Å²) in [5, 5.41) is 31.1. The Morgan fingerprint density at radius 3 is 2.70 bits per heavy atom. The predicted octanol–water partition coefficient (Wildman–Crippen LogP) is 0.654. The Balaban J connectivity index is 2.64. The highest BCUT2D eigenvalue weighted by Gasteiger charge is 2.30. The van der Waals surface area contributed by atoms with Crippen molar-refractivity contribution >= 4 is 17.7 Å². The molecule has 1 unspecified atom stereocenters.